The molecule has 0 aliphatic carbocycles. The molecule has 4 nitrogen and oxygen atoms in total. The maximum Gasteiger partial charge on any atom is 0.516 e. The second kappa shape index (κ2) is 11.2. The molecule has 0 aliphatic heterocycles. The zero-order chi connectivity index (χ0) is 16.5. The Labute approximate surface area is 153 Å². The minimum absolute atomic E-state index is 0. The topological polar surface area (TPSA) is 83.3 Å². The van der Waals surface area contributed by atoms with Crippen LogP contribution in [0.1, 0.15) is 11.1 Å². The van der Waals surface area contributed by atoms with Crippen LogP contribution in [0, 0.1) is 0 Å². The van der Waals surface area contributed by atoms with Crippen LogP contribution < -0.4 is 0 Å². The van der Waals surface area contributed by atoms with Gasteiger partial charge in [0.2, 0.25) is 0 Å². The van der Waals surface area contributed by atoms with Gasteiger partial charge in [0.25, 0.3) is 0 Å². The quantitative estimate of drug-likeness (QED) is 0.469. The summed E-state index contributed by atoms with van der Waals surface area (Å²) in [4.78, 5) is 19.3. The van der Waals surface area contributed by atoms with Gasteiger partial charge in [0.15, 0.2) is 0 Å². The largest absolute Gasteiger partial charge is 0.516 e. The van der Waals surface area contributed by atoms with Crippen molar-refractivity contribution in [2.45, 2.75) is 9.79 Å². The van der Waals surface area contributed by atoms with Gasteiger partial charge in [-0.2, -0.15) is 0 Å². The van der Waals surface area contributed by atoms with E-state index in [1.165, 1.54) is 23.5 Å². The van der Waals surface area contributed by atoms with E-state index in [1.807, 2.05) is 36.8 Å². The Hall–Kier alpha value is -1.43. The molecule has 0 saturated carbocycles. The molecule has 0 radical (unpaired) electrons. The van der Waals surface area contributed by atoms with Crippen LogP contribution in [0.5, 0.6) is 0 Å². The number of rotatable bonds is 4. The van der Waals surface area contributed by atoms with Crippen LogP contribution in [0.3, 0.4) is 0 Å². The predicted molar refractivity (Wildman–Crippen MR) is 93.8 cm³/mol. The number of aromatic carboxylic acids is 2. The summed E-state index contributed by atoms with van der Waals surface area (Å²) in [6.07, 6.45) is 3.78. The number of hydrogen-bond donors (Lipinski definition) is 2. The fraction of sp³-hybridized carbons (Fsp3) is 0.125. The fourth-order valence-electron chi connectivity index (χ4n) is 1.66. The standard InChI is InChI=1S/2C8H8O2S.Ni/c2*1-11-7-5-3-2-4-6(7)8(9)10;/h2*2-5H,1H3,(H,9,10);/p+2. The van der Waals surface area contributed by atoms with Gasteiger partial charge < -0.3 is 19.8 Å². The Morgan fingerprint density at radius 2 is 1.04 bits per heavy atom. The summed E-state index contributed by atoms with van der Waals surface area (Å²) >= 11 is 2.97. The first-order valence-electron chi connectivity index (χ1n) is 6.27. The smallest absolute Gasteiger partial charge is 0.335 e. The molecule has 0 unspecified atom stereocenters. The van der Waals surface area contributed by atoms with Crippen molar-refractivity contribution < 1.29 is 36.3 Å². The Kier molecular flexibility index (Phi) is 10.5. The van der Waals surface area contributed by atoms with Crippen LogP contribution in [0.25, 0.3) is 0 Å². The van der Waals surface area contributed by atoms with E-state index in [9.17, 15) is 0 Å². The molecule has 126 valence electrons. The average molecular weight is 397 g/mol. The van der Waals surface area contributed by atoms with Gasteiger partial charge in [-0.3, -0.25) is 0 Å². The second-order valence-electron chi connectivity index (χ2n) is 4.05. The van der Waals surface area contributed by atoms with Crippen molar-refractivity contribution in [2.24, 2.45) is 0 Å². The summed E-state index contributed by atoms with van der Waals surface area (Å²) < 4.78 is 0. The first-order chi connectivity index (χ1) is 10.5. The number of hydrogen-bond acceptors (Lipinski definition) is 2. The van der Waals surface area contributed by atoms with Gasteiger partial charge in [0.05, 0.1) is 0 Å². The van der Waals surface area contributed by atoms with Crippen LogP contribution in [0.4, 0.5) is 0 Å². The van der Waals surface area contributed by atoms with E-state index in [-0.39, 0.29) is 16.5 Å². The Bertz CT molecular complexity index is 605. The molecule has 0 aromatic heterocycles. The van der Waals surface area contributed by atoms with Crippen molar-refractivity contribution in [3.05, 3.63) is 59.7 Å². The summed E-state index contributed by atoms with van der Waals surface area (Å²) in [6.45, 7) is 0. The molecular weight excluding hydrogens is 379 g/mol. The van der Waals surface area contributed by atoms with Crippen LogP contribution in [-0.4, -0.2) is 44.3 Å². The molecule has 0 aliphatic rings. The van der Waals surface area contributed by atoms with E-state index < -0.39 is 11.9 Å². The third-order valence-corrected chi connectivity index (χ3v) is 4.29. The van der Waals surface area contributed by atoms with Gasteiger partial charge in [-0.25, -0.2) is 0 Å². The Balaban J connectivity index is 0.000000403. The molecule has 2 aromatic carbocycles. The third-order valence-electron chi connectivity index (χ3n) is 2.70. The SMILES string of the molecule is CSc1ccccc1C(O)=[OH+].CSc1ccccc1C(O)=[OH+].[Ni]. The molecular formula is C16H18NiO4S2+2. The third kappa shape index (κ3) is 6.69. The molecule has 0 heterocycles. The van der Waals surface area contributed by atoms with E-state index in [0.29, 0.717) is 11.1 Å². The molecule has 23 heavy (non-hydrogen) atoms. The number of carboxylic acids is 2. The van der Waals surface area contributed by atoms with E-state index in [4.69, 9.17) is 19.8 Å². The molecule has 2 rings (SSSR count). The summed E-state index contributed by atoms with van der Waals surface area (Å²) in [5.74, 6) is -1.23. The minimum Gasteiger partial charge on any atom is -0.335 e. The average Bonchev–Trinajstić information content (AvgIpc) is 2.55. The molecule has 4 N–H and O–H groups in total. The molecule has 0 saturated heterocycles. The number of thioether (sulfide) groups is 2. The van der Waals surface area contributed by atoms with Crippen molar-refractivity contribution in [3.8, 4) is 0 Å². The molecule has 0 spiro atoms. The zero-order valence-corrected chi connectivity index (χ0v) is 15.2. The normalized spacial score (nSPS) is 9.13. The monoisotopic (exact) mass is 396 g/mol. The van der Waals surface area contributed by atoms with Gasteiger partial charge in [-0.15, -0.1) is 23.5 Å². The Morgan fingerprint density at radius 3 is 1.26 bits per heavy atom. The van der Waals surface area contributed by atoms with Gasteiger partial charge in [-0.05, 0) is 36.8 Å². The van der Waals surface area contributed by atoms with Crippen LogP contribution in [-0.2, 0) is 16.5 Å². The van der Waals surface area contributed by atoms with Crippen molar-refractivity contribution >= 4 is 35.5 Å². The molecule has 0 atom stereocenters. The molecule has 7 heteroatoms. The van der Waals surface area contributed by atoms with E-state index >= 15 is 0 Å². The number of aliphatic hydroxyl groups excluding tert-OH is 2. The first kappa shape index (κ1) is 21.6. The summed E-state index contributed by atoms with van der Waals surface area (Å²) in [6, 6.07) is 14.3. The molecule has 0 amide bonds. The second-order valence-corrected chi connectivity index (χ2v) is 5.74. The summed E-state index contributed by atoms with van der Waals surface area (Å²) in [7, 11) is 0. The first-order valence-corrected chi connectivity index (χ1v) is 8.72. The fourth-order valence-corrected chi connectivity index (χ4v) is 2.85. The summed E-state index contributed by atoms with van der Waals surface area (Å²) in [5, 5.41) is 17.6. The van der Waals surface area contributed by atoms with Crippen LogP contribution in [0.15, 0.2) is 58.3 Å². The van der Waals surface area contributed by atoms with Crippen LogP contribution in [0.2, 0.25) is 0 Å². The maximum absolute atomic E-state index is 8.79. The van der Waals surface area contributed by atoms with Gasteiger partial charge in [0, 0.05) is 26.3 Å². The van der Waals surface area contributed by atoms with E-state index in [2.05, 4.69) is 0 Å². The zero-order valence-electron chi connectivity index (χ0n) is 12.5. The molecule has 0 bridgehead atoms. The van der Waals surface area contributed by atoms with E-state index in [0.717, 1.165) is 9.79 Å². The molecule has 0 fully saturated rings. The maximum atomic E-state index is 8.79. The number of carboxylic acid groups (broad SMARTS) is 2. The number of benzene rings is 2. The molecule has 2 aromatic rings. The van der Waals surface area contributed by atoms with Crippen LogP contribution >= 0.6 is 23.5 Å². The van der Waals surface area contributed by atoms with E-state index in [1.54, 1.807) is 24.3 Å². The van der Waals surface area contributed by atoms with Crippen molar-refractivity contribution in [1.29, 1.82) is 0 Å². The predicted octanol–water partition coefficient (Wildman–Crippen LogP) is 3.63. The summed E-state index contributed by atoms with van der Waals surface area (Å²) in [5.41, 5.74) is 0.972. The van der Waals surface area contributed by atoms with Gasteiger partial charge >= 0.3 is 11.9 Å². The van der Waals surface area contributed by atoms with Crippen molar-refractivity contribution in [2.75, 3.05) is 12.5 Å². The van der Waals surface area contributed by atoms with Gasteiger partial charge in [0.1, 0.15) is 11.1 Å². The van der Waals surface area contributed by atoms with Crippen molar-refractivity contribution in [3.63, 3.8) is 0 Å². The van der Waals surface area contributed by atoms with Crippen molar-refractivity contribution in [1.82, 2.24) is 0 Å². The minimum atomic E-state index is -0.616. The van der Waals surface area contributed by atoms with Gasteiger partial charge in [-0.1, -0.05) is 24.3 Å². The Morgan fingerprint density at radius 1 is 0.739 bits per heavy atom.